The number of rotatable bonds is 9. The topological polar surface area (TPSA) is 49.4 Å². The van der Waals surface area contributed by atoms with Crippen molar-refractivity contribution in [2.24, 2.45) is 0 Å². The lowest BCUT2D eigenvalue weighted by Gasteiger charge is -2.31. The number of aryl methyl sites for hydroxylation is 1. The van der Waals surface area contributed by atoms with Crippen LogP contribution in [-0.2, 0) is 16.1 Å². The second-order valence-electron chi connectivity index (χ2n) is 7.34. The predicted molar refractivity (Wildman–Crippen MR) is 121 cm³/mol. The van der Waals surface area contributed by atoms with Crippen molar-refractivity contribution < 1.29 is 9.59 Å². The van der Waals surface area contributed by atoms with Gasteiger partial charge >= 0.3 is 0 Å². The summed E-state index contributed by atoms with van der Waals surface area (Å²) >= 11 is 7.39. The summed E-state index contributed by atoms with van der Waals surface area (Å²) in [6.45, 7) is 8.22. The lowest BCUT2D eigenvalue weighted by molar-refractivity contribution is -0.139. The second-order valence-corrected chi connectivity index (χ2v) is 8.83. The number of nitrogens with one attached hydrogen (secondary N) is 1. The maximum absolute atomic E-state index is 13.2. The first kappa shape index (κ1) is 23.3. The van der Waals surface area contributed by atoms with Crippen molar-refractivity contribution in [3.8, 4) is 0 Å². The minimum atomic E-state index is -0.503. The number of amides is 2. The minimum Gasteiger partial charge on any atom is -0.352 e. The van der Waals surface area contributed by atoms with Crippen LogP contribution in [0.1, 0.15) is 38.3 Å². The van der Waals surface area contributed by atoms with Gasteiger partial charge in [0.25, 0.3) is 0 Å². The smallest absolute Gasteiger partial charge is 0.243 e. The van der Waals surface area contributed by atoms with E-state index in [1.165, 1.54) is 11.8 Å². The Morgan fingerprint density at radius 3 is 2.41 bits per heavy atom. The molecular weight excluding hydrogens is 404 g/mol. The number of hydrogen-bond donors (Lipinski definition) is 1. The molecule has 156 valence electrons. The second kappa shape index (κ2) is 11.3. The Morgan fingerprint density at radius 1 is 1.14 bits per heavy atom. The number of carbonyl (C=O) groups is 2. The molecule has 0 aliphatic heterocycles. The summed E-state index contributed by atoms with van der Waals surface area (Å²) < 4.78 is 0. The number of benzene rings is 2. The average Bonchev–Trinajstić information content (AvgIpc) is 2.66. The quantitative estimate of drug-likeness (QED) is 0.562. The first-order valence-corrected chi connectivity index (χ1v) is 11.2. The number of thioether (sulfide) groups is 1. The largest absolute Gasteiger partial charge is 0.352 e. The first-order valence-electron chi connectivity index (χ1n) is 9.84. The van der Waals surface area contributed by atoms with Gasteiger partial charge in [-0.2, -0.15) is 0 Å². The number of halogens is 1. The van der Waals surface area contributed by atoms with Crippen molar-refractivity contribution in [1.29, 1.82) is 0 Å². The van der Waals surface area contributed by atoms with Gasteiger partial charge in [0, 0.05) is 22.5 Å². The lowest BCUT2D eigenvalue weighted by Crippen LogP contribution is -2.50. The third-order valence-corrected chi connectivity index (χ3v) is 5.68. The van der Waals surface area contributed by atoms with Crippen LogP contribution in [0.15, 0.2) is 53.4 Å². The normalized spacial score (nSPS) is 11.9. The van der Waals surface area contributed by atoms with Crippen molar-refractivity contribution in [3.05, 3.63) is 64.7 Å². The molecule has 2 rings (SSSR count). The van der Waals surface area contributed by atoms with Crippen LogP contribution in [0.2, 0.25) is 5.02 Å². The number of hydrogen-bond acceptors (Lipinski definition) is 3. The molecule has 1 atom stereocenters. The summed E-state index contributed by atoms with van der Waals surface area (Å²) in [5.41, 5.74) is 2.15. The average molecular weight is 433 g/mol. The Hall–Kier alpha value is -1.98. The van der Waals surface area contributed by atoms with Crippen LogP contribution in [0.4, 0.5) is 0 Å². The van der Waals surface area contributed by atoms with E-state index in [-0.39, 0.29) is 23.6 Å². The van der Waals surface area contributed by atoms with Crippen molar-refractivity contribution >= 4 is 35.2 Å². The molecule has 0 saturated heterocycles. The highest BCUT2D eigenvalue weighted by Crippen LogP contribution is 2.22. The van der Waals surface area contributed by atoms with Gasteiger partial charge in [-0.3, -0.25) is 9.59 Å². The third kappa shape index (κ3) is 7.41. The van der Waals surface area contributed by atoms with Crippen LogP contribution in [0.3, 0.4) is 0 Å². The molecule has 1 N–H and O–H groups in total. The fourth-order valence-corrected chi connectivity index (χ4v) is 3.98. The van der Waals surface area contributed by atoms with E-state index < -0.39 is 6.04 Å². The number of carbonyl (C=O) groups excluding carboxylic acids is 2. The maximum Gasteiger partial charge on any atom is 0.243 e. The van der Waals surface area contributed by atoms with E-state index >= 15 is 0 Å². The summed E-state index contributed by atoms with van der Waals surface area (Å²) in [5.74, 6) is 0.0936. The Kier molecular flexibility index (Phi) is 9.05. The van der Waals surface area contributed by atoms with Gasteiger partial charge in [-0.25, -0.2) is 0 Å². The first-order chi connectivity index (χ1) is 13.8. The molecule has 2 aromatic rings. The van der Waals surface area contributed by atoms with Gasteiger partial charge in [-0.15, -0.1) is 11.8 Å². The molecule has 0 bridgehead atoms. The molecule has 2 aromatic carbocycles. The maximum atomic E-state index is 13.2. The van der Waals surface area contributed by atoms with Crippen molar-refractivity contribution in [2.75, 3.05) is 5.75 Å². The van der Waals surface area contributed by atoms with Gasteiger partial charge < -0.3 is 10.2 Å². The molecule has 2 amide bonds. The molecule has 0 radical (unpaired) electrons. The fraction of sp³-hybridized carbons (Fsp3) is 0.391. The zero-order valence-corrected chi connectivity index (χ0v) is 19.0. The zero-order chi connectivity index (χ0) is 21.4. The van der Waals surface area contributed by atoms with Gasteiger partial charge in [-0.05, 0) is 57.0 Å². The molecule has 0 spiro atoms. The monoisotopic (exact) mass is 432 g/mol. The molecule has 0 fully saturated rings. The Balaban J connectivity index is 2.20. The van der Waals surface area contributed by atoms with E-state index in [0.717, 1.165) is 16.0 Å². The van der Waals surface area contributed by atoms with E-state index in [0.29, 0.717) is 18.0 Å². The summed E-state index contributed by atoms with van der Waals surface area (Å²) in [5, 5.41) is 3.62. The number of nitrogens with zero attached hydrogens (tertiary/aromatic N) is 1. The SMILES string of the molecule is CC[C@H](C(=O)NC(C)C)N(Cc1cccc(C)c1)C(=O)CSc1ccc(Cl)cc1. The van der Waals surface area contributed by atoms with Crippen LogP contribution >= 0.6 is 23.4 Å². The highest BCUT2D eigenvalue weighted by molar-refractivity contribution is 8.00. The van der Waals surface area contributed by atoms with Gasteiger partial charge in [-0.1, -0.05) is 48.4 Å². The molecule has 0 heterocycles. The Bertz CT molecular complexity index is 824. The van der Waals surface area contributed by atoms with E-state index in [1.807, 2.05) is 70.2 Å². The molecule has 4 nitrogen and oxygen atoms in total. The highest BCUT2D eigenvalue weighted by atomic mass is 35.5. The van der Waals surface area contributed by atoms with E-state index in [9.17, 15) is 9.59 Å². The summed E-state index contributed by atoms with van der Waals surface area (Å²) in [4.78, 5) is 28.6. The van der Waals surface area contributed by atoms with Crippen LogP contribution < -0.4 is 5.32 Å². The van der Waals surface area contributed by atoms with Crippen molar-refractivity contribution in [3.63, 3.8) is 0 Å². The lowest BCUT2D eigenvalue weighted by atomic mass is 10.1. The Labute approximate surface area is 183 Å². The van der Waals surface area contributed by atoms with Gasteiger partial charge in [0.15, 0.2) is 0 Å². The van der Waals surface area contributed by atoms with Crippen LogP contribution in [0.5, 0.6) is 0 Å². The van der Waals surface area contributed by atoms with E-state index in [1.54, 1.807) is 4.90 Å². The van der Waals surface area contributed by atoms with Crippen LogP contribution in [0.25, 0.3) is 0 Å². The molecule has 0 unspecified atom stereocenters. The Morgan fingerprint density at radius 2 is 1.83 bits per heavy atom. The molecule has 0 aliphatic carbocycles. The van der Waals surface area contributed by atoms with Crippen LogP contribution in [-0.4, -0.2) is 34.6 Å². The fourth-order valence-electron chi connectivity index (χ4n) is 3.07. The molecule has 0 aliphatic rings. The van der Waals surface area contributed by atoms with Crippen molar-refractivity contribution in [1.82, 2.24) is 10.2 Å². The van der Waals surface area contributed by atoms with Crippen molar-refractivity contribution in [2.45, 2.75) is 57.6 Å². The summed E-state index contributed by atoms with van der Waals surface area (Å²) in [6.07, 6.45) is 0.557. The predicted octanol–water partition coefficient (Wildman–Crippen LogP) is 5.07. The molecular formula is C23H29ClN2O2S. The summed E-state index contributed by atoms with van der Waals surface area (Å²) in [7, 11) is 0. The standard InChI is InChI=1S/C23H29ClN2O2S/c1-5-21(23(28)25-16(2)3)26(14-18-8-6-7-17(4)13-18)22(27)15-29-20-11-9-19(24)10-12-20/h6-13,16,21H,5,14-15H2,1-4H3,(H,25,28)/t21-/m1/s1. The van der Waals surface area contributed by atoms with E-state index in [2.05, 4.69) is 11.4 Å². The van der Waals surface area contributed by atoms with E-state index in [4.69, 9.17) is 11.6 Å². The van der Waals surface area contributed by atoms with Gasteiger partial charge in [0.2, 0.25) is 11.8 Å². The minimum absolute atomic E-state index is 0.0240. The molecule has 0 aromatic heterocycles. The van der Waals surface area contributed by atoms with Gasteiger partial charge in [0.1, 0.15) is 6.04 Å². The summed E-state index contributed by atoms with van der Waals surface area (Å²) in [6, 6.07) is 15.0. The molecule has 0 saturated carbocycles. The highest BCUT2D eigenvalue weighted by Gasteiger charge is 2.28. The van der Waals surface area contributed by atoms with Crippen LogP contribution in [0, 0.1) is 6.92 Å². The molecule has 6 heteroatoms. The zero-order valence-electron chi connectivity index (χ0n) is 17.4. The third-order valence-electron chi connectivity index (χ3n) is 4.43. The molecule has 29 heavy (non-hydrogen) atoms. The van der Waals surface area contributed by atoms with Gasteiger partial charge in [0.05, 0.1) is 5.75 Å².